The van der Waals surface area contributed by atoms with Gasteiger partial charge in [-0.1, -0.05) is 25.1 Å². The number of β-amino-alcohol motifs (C(OH)–C–C–N with tert-alkyl or cyclic N) is 1. The molecule has 0 fully saturated rings. The van der Waals surface area contributed by atoms with Gasteiger partial charge in [0.15, 0.2) is 0 Å². The highest BCUT2D eigenvalue weighted by molar-refractivity contribution is 6.05. The second-order valence-corrected chi connectivity index (χ2v) is 9.49. The fraction of sp³-hybridized carbons (Fsp3) is 0.385. The molecule has 5 N–H and O–H groups in total. The number of hydrogen-bond acceptors (Lipinski definition) is 6. The Bertz CT molecular complexity index is 1150. The number of nitrogens with zero attached hydrogens (tertiary/aromatic N) is 1. The van der Waals surface area contributed by atoms with E-state index in [2.05, 4.69) is 40.0 Å². The summed E-state index contributed by atoms with van der Waals surface area (Å²) < 4.78 is 5.85. The fourth-order valence-corrected chi connectivity index (χ4v) is 3.97. The van der Waals surface area contributed by atoms with Gasteiger partial charge in [0, 0.05) is 53.8 Å². The van der Waals surface area contributed by atoms with Gasteiger partial charge >= 0.3 is 0 Å². The van der Waals surface area contributed by atoms with E-state index < -0.39 is 6.10 Å². The van der Waals surface area contributed by atoms with Crippen LogP contribution in [0.25, 0.3) is 10.9 Å². The van der Waals surface area contributed by atoms with Crippen molar-refractivity contribution in [2.24, 2.45) is 11.0 Å². The number of aliphatic hydroxyl groups is 1. The molecule has 1 aliphatic heterocycles. The average molecular weight is 464 g/mol. The third-order valence-corrected chi connectivity index (χ3v) is 5.98. The van der Waals surface area contributed by atoms with E-state index in [-0.39, 0.29) is 24.0 Å². The molecule has 8 heteroatoms. The molecule has 2 heterocycles. The number of amides is 1. The Labute approximate surface area is 199 Å². The van der Waals surface area contributed by atoms with Crippen LogP contribution in [-0.2, 0) is 4.79 Å². The van der Waals surface area contributed by atoms with Crippen molar-refractivity contribution in [3.63, 3.8) is 0 Å². The Morgan fingerprint density at radius 3 is 2.76 bits per heavy atom. The van der Waals surface area contributed by atoms with E-state index in [4.69, 9.17) is 4.74 Å². The predicted molar refractivity (Wildman–Crippen MR) is 135 cm³/mol. The number of ether oxygens (including phenoxy) is 1. The van der Waals surface area contributed by atoms with Gasteiger partial charge in [-0.25, -0.2) is 5.43 Å². The molecule has 2 aromatic carbocycles. The Kier molecular flexibility index (Phi) is 7.19. The number of hydrazone groups is 1. The van der Waals surface area contributed by atoms with Crippen molar-refractivity contribution in [1.29, 1.82) is 0 Å². The van der Waals surface area contributed by atoms with Gasteiger partial charge < -0.3 is 25.5 Å². The van der Waals surface area contributed by atoms with Crippen LogP contribution in [0.1, 0.15) is 32.8 Å². The van der Waals surface area contributed by atoms with Crippen LogP contribution in [0.5, 0.6) is 5.75 Å². The summed E-state index contributed by atoms with van der Waals surface area (Å²) in [6.07, 6.45) is 1.70. The molecule has 0 aliphatic carbocycles. The zero-order valence-corrected chi connectivity index (χ0v) is 19.9. The lowest BCUT2D eigenvalue weighted by Crippen LogP contribution is -2.49. The minimum Gasteiger partial charge on any atom is -0.490 e. The van der Waals surface area contributed by atoms with E-state index >= 15 is 0 Å². The number of aliphatic hydroxyl groups excluding tert-OH is 1. The number of fused-ring (bicyclic) bond motifs is 1. The van der Waals surface area contributed by atoms with Crippen LogP contribution in [-0.4, -0.2) is 53.0 Å². The third kappa shape index (κ3) is 5.95. The van der Waals surface area contributed by atoms with E-state index in [0.29, 0.717) is 19.5 Å². The van der Waals surface area contributed by atoms with Gasteiger partial charge in [0.05, 0.1) is 5.71 Å². The molecule has 2 unspecified atom stereocenters. The first-order valence-electron chi connectivity index (χ1n) is 11.6. The van der Waals surface area contributed by atoms with Crippen LogP contribution >= 0.6 is 0 Å². The molecule has 0 radical (unpaired) electrons. The van der Waals surface area contributed by atoms with Gasteiger partial charge in [-0.2, -0.15) is 5.10 Å². The molecule has 34 heavy (non-hydrogen) atoms. The molecule has 1 amide bonds. The number of H-pyrrole nitrogens is 1. The minimum absolute atomic E-state index is 0.0426. The summed E-state index contributed by atoms with van der Waals surface area (Å²) in [6, 6.07) is 15.9. The molecule has 0 saturated heterocycles. The van der Waals surface area contributed by atoms with Crippen LogP contribution in [0.15, 0.2) is 59.8 Å². The first-order valence-corrected chi connectivity index (χ1v) is 11.6. The molecule has 1 aliphatic rings. The second-order valence-electron chi connectivity index (χ2n) is 9.49. The Hall–Kier alpha value is -3.36. The highest BCUT2D eigenvalue weighted by Gasteiger charge is 2.22. The summed E-state index contributed by atoms with van der Waals surface area (Å²) in [7, 11) is 0. The normalized spacial score (nSPS) is 17.2. The monoisotopic (exact) mass is 463 g/mol. The van der Waals surface area contributed by atoms with Crippen molar-refractivity contribution >= 4 is 28.2 Å². The van der Waals surface area contributed by atoms with E-state index in [1.165, 1.54) is 0 Å². The summed E-state index contributed by atoms with van der Waals surface area (Å²) in [5.41, 5.74) is 6.24. The summed E-state index contributed by atoms with van der Waals surface area (Å²) in [5.74, 6) is 0.819. The minimum atomic E-state index is -0.633. The molecular formula is C26H33N5O3. The van der Waals surface area contributed by atoms with Crippen molar-refractivity contribution in [3.05, 3.63) is 60.3 Å². The number of benzene rings is 2. The highest BCUT2D eigenvalue weighted by Crippen LogP contribution is 2.24. The number of rotatable bonds is 10. The largest absolute Gasteiger partial charge is 0.490 e. The molecule has 0 spiro atoms. The summed E-state index contributed by atoms with van der Waals surface area (Å²) in [5, 5.41) is 22.5. The van der Waals surface area contributed by atoms with Crippen molar-refractivity contribution in [2.75, 3.05) is 25.0 Å². The number of anilines is 1. The van der Waals surface area contributed by atoms with Gasteiger partial charge in [-0.05, 0) is 49.7 Å². The zero-order chi connectivity index (χ0) is 24.1. The van der Waals surface area contributed by atoms with Crippen LogP contribution in [0.4, 0.5) is 5.69 Å². The first kappa shape index (κ1) is 23.8. The maximum Gasteiger partial charge on any atom is 0.240 e. The maximum absolute atomic E-state index is 11.5. The predicted octanol–water partition coefficient (Wildman–Crippen LogP) is 3.25. The Morgan fingerprint density at radius 2 is 2.00 bits per heavy atom. The molecule has 4 rings (SSSR count). The third-order valence-electron chi connectivity index (χ3n) is 5.98. The molecule has 0 bridgehead atoms. The molecule has 0 saturated carbocycles. The summed E-state index contributed by atoms with van der Waals surface area (Å²) in [6.45, 7) is 7.49. The fourth-order valence-electron chi connectivity index (χ4n) is 3.97. The van der Waals surface area contributed by atoms with E-state index in [1.807, 2.05) is 61.7 Å². The number of carbonyl (C=O) groups excluding carboxylic acids is 1. The SMILES string of the molecule is CC1CC(=O)NN=C1c1ccc(NCC(C)(C)NCC(O)COc2cccc3[nH]ccc23)cc1. The van der Waals surface area contributed by atoms with Crippen LogP contribution in [0.2, 0.25) is 0 Å². The highest BCUT2D eigenvalue weighted by atomic mass is 16.5. The van der Waals surface area contributed by atoms with Gasteiger partial charge in [-0.15, -0.1) is 0 Å². The topological polar surface area (TPSA) is 111 Å². The molecule has 1 aromatic heterocycles. The van der Waals surface area contributed by atoms with E-state index in [0.717, 1.165) is 33.6 Å². The maximum atomic E-state index is 11.5. The number of carbonyl (C=O) groups is 1. The number of hydrogen-bond donors (Lipinski definition) is 5. The van der Waals surface area contributed by atoms with Crippen molar-refractivity contribution in [1.82, 2.24) is 15.7 Å². The van der Waals surface area contributed by atoms with Gasteiger partial charge in [0.25, 0.3) is 0 Å². The van der Waals surface area contributed by atoms with E-state index in [1.54, 1.807) is 0 Å². The van der Waals surface area contributed by atoms with Crippen LogP contribution < -0.4 is 20.8 Å². The van der Waals surface area contributed by atoms with Crippen LogP contribution in [0, 0.1) is 5.92 Å². The zero-order valence-electron chi connectivity index (χ0n) is 19.9. The molecular weight excluding hydrogens is 430 g/mol. The standard InChI is InChI=1S/C26H33N5O3/c1-17-13-24(33)30-31-25(17)18-7-9-19(10-8-18)28-16-26(2,3)29-14-20(32)15-34-23-6-4-5-22-21(23)11-12-27-22/h4-12,17,20,27-29,32H,13-16H2,1-3H3,(H,30,33). The van der Waals surface area contributed by atoms with Crippen molar-refractivity contribution in [2.45, 2.75) is 38.8 Å². The second kappa shape index (κ2) is 10.3. The van der Waals surface area contributed by atoms with E-state index in [9.17, 15) is 9.90 Å². The summed E-state index contributed by atoms with van der Waals surface area (Å²) in [4.78, 5) is 14.6. The van der Waals surface area contributed by atoms with Crippen molar-refractivity contribution < 1.29 is 14.6 Å². The van der Waals surface area contributed by atoms with Crippen LogP contribution in [0.3, 0.4) is 0 Å². The molecule has 180 valence electrons. The smallest absolute Gasteiger partial charge is 0.240 e. The van der Waals surface area contributed by atoms with Gasteiger partial charge in [0.1, 0.15) is 18.5 Å². The Balaban J connectivity index is 1.23. The van der Waals surface area contributed by atoms with Gasteiger partial charge in [-0.3, -0.25) is 4.79 Å². The quantitative estimate of drug-likeness (QED) is 0.317. The Morgan fingerprint density at radius 1 is 1.21 bits per heavy atom. The number of aromatic nitrogens is 1. The number of aromatic amines is 1. The van der Waals surface area contributed by atoms with Gasteiger partial charge in [0.2, 0.25) is 5.91 Å². The summed E-state index contributed by atoms with van der Waals surface area (Å²) >= 11 is 0. The lowest BCUT2D eigenvalue weighted by atomic mass is 9.94. The lowest BCUT2D eigenvalue weighted by molar-refractivity contribution is -0.121. The lowest BCUT2D eigenvalue weighted by Gasteiger charge is -2.28. The first-order chi connectivity index (χ1) is 16.3. The molecule has 8 nitrogen and oxygen atoms in total. The average Bonchev–Trinajstić information content (AvgIpc) is 3.30. The van der Waals surface area contributed by atoms with Crippen molar-refractivity contribution in [3.8, 4) is 5.75 Å². The molecule has 2 atom stereocenters. The molecule has 3 aromatic rings. The number of nitrogens with one attached hydrogen (secondary N) is 4.